The standard InChI is InChI=1S/C14H17N3O/c1-10-4-3-5-12(8-10)17-9-11(2)16-13(6-7-15)14(17)18/h3-5,8,11,13,16H,6,9H2,1-2H3. The van der Waals surface area contributed by atoms with Crippen molar-refractivity contribution >= 4 is 11.6 Å². The second kappa shape index (κ2) is 5.19. The molecule has 2 rings (SSSR count). The Labute approximate surface area is 107 Å². The van der Waals surface area contributed by atoms with Crippen molar-refractivity contribution in [2.75, 3.05) is 11.4 Å². The Balaban J connectivity index is 2.26. The second-order valence-corrected chi connectivity index (χ2v) is 4.77. The van der Waals surface area contributed by atoms with E-state index in [-0.39, 0.29) is 24.4 Å². The summed E-state index contributed by atoms with van der Waals surface area (Å²) in [5.41, 5.74) is 2.04. The molecule has 2 atom stereocenters. The van der Waals surface area contributed by atoms with Crippen LogP contribution in [0.2, 0.25) is 0 Å². The monoisotopic (exact) mass is 243 g/mol. The summed E-state index contributed by atoms with van der Waals surface area (Å²) in [6.45, 7) is 4.68. The lowest BCUT2D eigenvalue weighted by Crippen LogP contribution is -2.59. The number of rotatable bonds is 2. The predicted octanol–water partition coefficient (Wildman–Crippen LogP) is 1.60. The van der Waals surface area contributed by atoms with Gasteiger partial charge in [0.05, 0.1) is 12.5 Å². The van der Waals surface area contributed by atoms with Crippen LogP contribution in [0, 0.1) is 18.3 Å². The van der Waals surface area contributed by atoms with Crippen LogP contribution < -0.4 is 10.2 Å². The number of carbonyl (C=O) groups is 1. The van der Waals surface area contributed by atoms with Gasteiger partial charge in [0.2, 0.25) is 5.91 Å². The first kappa shape index (κ1) is 12.6. The molecule has 4 heteroatoms. The minimum absolute atomic E-state index is 0.0137. The fourth-order valence-corrected chi connectivity index (χ4v) is 2.29. The zero-order chi connectivity index (χ0) is 13.1. The molecule has 0 radical (unpaired) electrons. The average molecular weight is 243 g/mol. The van der Waals surface area contributed by atoms with E-state index in [2.05, 4.69) is 11.4 Å². The number of amides is 1. The van der Waals surface area contributed by atoms with Gasteiger partial charge in [0.1, 0.15) is 6.04 Å². The summed E-state index contributed by atoms with van der Waals surface area (Å²) in [5, 5.41) is 11.9. The minimum Gasteiger partial charge on any atom is -0.309 e. The van der Waals surface area contributed by atoms with E-state index in [0.29, 0.717) is 6.54 Å². The van der Waals surface area contributed by atoms with Gasteiger partial charge in [-0.25, -0.2) is 0 Å². The van der Waals surface area contributed by atoms with Crippen LogP contribution in [-0.4, -0.2) is 24.5 Å². The molecule has 1 amide bonds. The van der Waals surface area contributed by atoms with E-state index < -0.39 is 0 Å². The first-order valence-corrected chi connectivity index (χ1v) is 6.13. The van der Waals surface area contributed by atoms with Crippen LogP contribution >= 0.6 is 0 Å². The van der Waals surface area contributed by atoms with Gasteiger partial charge in [-0.2, -0.15) is 5.26 Å². The van der Waals surface area contributed by atoms with Crippen molar-refractivity contribution in [3.63, 3.8) is 0 Å². The number of nitrogens with zero attached hydrogens (tertiary/aromatic N) is 2. The van der Waals surface area contributed by atoms with Gasteiger partial charge in [-0.1, -0.05) is 12.1 Å². The summed E-state index contributed by atoms with van der Waals surface area (Å²) in [7, 11) is 0. The molecule has 0 spiro atoms. The van der Waals surface area contributed by atoms with Gasteiger partial charge in [0.15, 0.2) is 0 Å². The summed E-state index contributed by atoms with van der Waals surface area (Å²) >= 11 is 0. The van der Waals surface area contributed by atoms with Gasteiger partial charge < -0.3 is 10.2 Å². The van der Waals surface area contributed by atoms with Gasteiger partial charge in [0, 0.05) is 18.3 Å². The van der Waals surface area contributed by atoms with Crippen LogP contribution in [0.15, 0.2) is 24.3 Å². The number of anilines is 1. The fourth-order valence-electron chi connectivity index (χ4n) is 2.29. The molecule has 1 saturated heterocycles. The number of benzene rings is 1. The maximum absolute atomic E-state index is 12.3. The van der Waals surface area contributed by atoms with Crippen LogP contribution in [0.1, 0.15) is 18.9 Å². The number of nitriles is 1. The minimum atomic E-state index is -0.390. The smallest absolute Gasteiger partial charge is 0.245 e. The van der Waals surface area contributed by atoms with Crippen LogP contribution in [0.4, 0.5) is 5.69 Å². The highest BCUT2D eigenvalue weighted by atomic mass is 16.2. The SMILES string of the molecule is Cc1cccc(N2CC(C)NC(CC#N)C2=O)c1. The normalized spacial score (nSPS) is 23.8. The maximum Gasteiger partial charge on any atom is 0.245 e. The van der Waals surface area contributed by atoms with Crippen molar-refractivity contribution in [1.82, 2.24) is 5.32 Å². The van der Waals surface area contributed by atoms with Crippen LogP contribution in [0.3, 0.4) is 0 Å². The number of nitrogens with one attached hydrogen (secondary N) is 1. The van der Waals surface area contributed by atoms with E-state index in [1.54, 1.807) is 4.90 Å². The first-order valence-electron chi connectivity index (χ1n) is 6.13. The van der Waals surface area contributed by atoms with E-state index in [0.717, 1.165) is 11.3 Å². The largest absolute Gasteiger partial charge is 0.309 e. The molecule has 94 valence electrons. The molecular formula is C14H17N3O. The van der Waals surface area contributed by atoms with E-state index in [1.165, 1.54) is 0 Å². The zero-order valence-corrected chi connectivity index (χ0v) is 10.7. The molecule has 1 aliphatic heterocycles. The van der Waals surface area contributed by atoms with Crippen LogP contribution in [-0.2, 0) is 4.79 Å². The molecule has 1 aromatic carbocycles. The Hall–Kier alpha value is -1.86. The summed E-state index contributed by atoms with van der Waals surface area (Å²) in [6.07, 6.45) is 0.214. The lowest BCUT2D eigenvalue weighted by atomic mass is 10.1. The third kappa shape index (κ3) is 2.52. The Kier molecular flexibility index (Phi) is 3.63. The van der Waals surface area contributed by atoms with Gasteiger partial charge in [0.25, 0.3) is 0 Å². The number of hydrogen-bond acceptors (Lipinski definition) is 3. The highest BCUT2D eigenvalue weighted by Crippen LogP contribution is 2.20. The third-order valence-corrected chi connectivity index (χ3v) is 3.12. The van der Waals surface area contributed by atoms with Gasteiger partial charge >= 0.3 is 0 Å². The summed E-state index contributed by atoms with van der Waals surface area (Å²) in [4.78, 5) is 14.1. The Morgan fingerprint density at radius 2 is 2.33 bits per heavy atom. The van der Waals surface area contributed by atoms with Crippen molar-refractivity contribution in [3.05, 3.63) is 29.8 Å². The first-order chi connectivity index (χ1) is 8.61. The molecule has 0 bridgehead atoms. The number of piperazine rings is 1. The predicted molar refractivity (Wildman–Crippen MR) is 70.1 cm³/mol. The molecule has 1 fully saturated rings. The van der Waals surface area contributed by atoms with E-state index >= 15 is 0 Å². The molecule has 0 aromatic heterocycles. The van der Waals surface area contributed by atoms with Crippen molar-refractivity contribution < 1.29 is 4.79 Å². The second-order valence-electron chi connectivity index (χ2n) is 4.77. The molecule has 18 heavy (non-hydrogen) atoms. The molecule has 4 nitrogen and oxygen atoms in total. The fraction of sp³-hybridized carbons (Fsp3) is 0.429. The van der Waals surface area contributed by atoms with Crippen molar-refractivity contribution in [1.29, 1.82) is 5.26 Å². The number of carbonyl (C=O) groups excluding carboxylic acids is 1. The molecule has 0 aliphatic carbocycles. The maximum atomic E-state index is 12.3. The Morgan fingerprint density at radius 1 is 1.56 bits per heavy atom. The van der Waals surface area contributed by atoms with Gasteiger partial charge in [-0.15, -0.1) is 0 Å². The lowest BCUT2D eigenvalue weighted by Gasteiger charge is -2.36. The molecule has 1 N–H and O–H groups in total. The van der Waals surface area contributed by atoms with Crippen molar-refractivity contribution in [2.24, 2.45) is 0 Å². The van der Waals surface area contributed by atoms with Gasteiger partial charge in [-0.05, 0) is 31.5 Å². The average Bonchev–Trinajstić information content (AvgIpc) is 2.33. The molecule has 0 saturated carbocycles. The topological polar surface area (TPSA) is 56.1 Å². The summed E-state index contributed by atoms with van der Waals surface area (Å²) in [6, 6.07) is 9.76. The molecular weight excluding hydrogens is 226 g/mol. The number of hydrogen-bond donors (Lipinski definition) is 1. The molecule has 1 heterocycles. The quantitative estimate of drug-likeness (QED) is 0.858. The van der Waals surface area contributed by atoms with E-state index in [9.17, 15) is 4.79 Å². The Morgan fingerprint density at radius 3 is 3.00 bits per heavy atom. The lowest BCUT2D eigenvalue weighted by molar-refractivity contribution is -0.122. The molecule has 1 aromatic rings. The van der Waals surface area contributed by atoms with Crippen molar-refractivity contribution in [2.45, 2.75) is 32.4 Å². The highest BCUT2D eigenvalue weighted by molar-refractivity contribution is 5.98. The van der Waals surface area contributed by atoms with E-state index in [4.69, 9.17) is 5.26 Å². The van der Waals surface area contributed by atoms with Crippen LogP contribution in [0.5, 0.6) is 0 Å². The third-order valence-electron chi connectivity index (χ3n) is 3.12. The molecule has 2 unspecified atom stereocenters. The molecule has 1 aliphatic rings. The summed E-state index contributed by atoms with van der Waals surface area (Å²) in [5.74, 6) is -0.0137. The van der Waals surface area contributed by atoms with Crippen LogP contribution in [0.25, 0.3) is 0 Å². The van der Waals surface area contributed by atoms with E-state index in [1.807, 2.05) is 38.1 Å². The Bertz CT molecular complexity index is 492. The highest BCUT2D eigenvalue weighted by Gasteiger charge is 2.32. The van der Waals surface area contributed by atoms with Gasteiger partial charge in [-0.3, -0.25) is 4.79 Å². The zero-order valence-electron chi connectivity index (χ0n) is 10.7. The number of aryl methyl sites for hydroxylation is 1. The van der Waals surface area contributed by atoms with Crippen molar-refractivity contribution in [3.8, 4) is 6.07 Å². The summed E-state index contributed by atoms with van der Waals surface area (Å²) < 4.78 is 0.